The van der Waals surface area contributed by atoms with Gasteiger partial charge in [-0.3, -0.25) is 19.1 Å². The molecule has 252 valence electrons. The van der Waals surface area contributed by atoms with Crippen molar-refractivity contribution in [3.05, 3.63) is 68.8 Å². The number of halogens is 2. The molecule has 3 aromatic heterocycles. The first-order valence-corrected chi connectivity index (χ1v) is 15.5. The summed E-state index contributed by atoms with van der Waals surface area (Å²) >= 11 is 13.1. The highest BCUT2D eigenvalue weighted by Crippen LogP contribution is 2.39. The monoisotopic (exact) mass is 678 g/mol. The van der Waals surface area contributed by atoms with Crippen molar-refractivity contribution in [2.75, 3.05) is 45.2 Å². The molecule has 0 aliphatic heterocycles. The van der Waals surface area contributed by atoms with Crippen molar-refractivity contribution in [1.29, 1.82) is 0 Å². The van der Waals surface area contributed by atoms with E-state index in [4.69, 9.17) is 27.9 Å². The fourth-order valence-electron chi connectivity index (χ4n) is 3.96. The van der Waals surface area contributed by atoms with Gasteiger partial charge in [0.15, 0.2) is 0 Å². The van der Waals surface area contributed by atoms with Gasteiger partial charge in [0.2, 0.25) is 11.9 Å². The van der Waals surface area contributed by atoms with Gasteiger partial charge < -0.3 is 30.3 Å². The van der Waals surface area contributed by atoms with E-state index in [-0.39, 0.29) is 47.2 Å². The van der Waals surface area contributed by atoms with Crippen LogP contribution in [0.25, 0.3) is 22.2 Å². The van der Waals surface area contributed by atoms with Crippen LogP contribution >= 0.6 is 23.2 Å². The number of carbonyl (C=O) groups is 1. The van der Waals surface area contributed by atoms with Gasteiger partial charge in [-0.25, -0.2) is 4.98 Å². The maximum Gasteiger partial charge on any atom is 0.260 e. The molecule has 3 heterocycles. The van der Waals surface area contributed by atoms with Crippen molar-refractivity contribution < 1.29 is 24.5 Å². The summed E-state index contributed by atoms with van der Waals surface area (Å²) in [6.07, 6.45) is 3.43. The Morgan fingerprint density at radius 1 is 1.00 bits per heavy atom. The lowest BCUT2D eigenvalue weighted by Crippen LogP contribution is -2.29. The van der Waals surface area contributed by atoms with E-state index < -0.39 is 11.6 Å². The summed E-state index contributed by atoms with van der Waals surface area (Å²) in [4.78, 5) is 38.4. The Morgan fingerprint density at radius 2 is 1.65 bits per heavy atom. The second kappa shape index (κ2) is 21.1. The SMILES string of the molecule is CC.CC.COC.COc1ccc(Cl)c(-c2cc3cnc(NC(CO)CO)nc3n(CCc3ccc(NC(C)=O)cn3)c2=O)c1Cl. The van der Waals surface area contributed by atoms with E-state index in [1.54, 1.807) is 44.6 Å². The standard InChI is InChI=1S/C26H26Cl2N6O5.C2H6O.2C2H6/c1-14(37)31-17-4-3-16(29-11-17)7-8-34-24-15(10-30-26(33-24)32-18(12-35)13-36)9-19(25(34)38)22-20(27)5-6-21(39-2)23(22)28;1-3-2;2*1-2/h3-6,9-11,18,35-36H,7-8,12-13H2,1-2H3,(H,31,37)(H,30,32,33);1-2H3;2*1-2H3. The second-order valence-electron chi connectivity index (χ2n) is 9.01. The molecule has 0 unspecified atom stereocenters. The summed E-state index contributed by atoms with van der Waals surface area (Å²) in [5.74, 6) is 0.287. The van der Waals surface area contributed by atoms with Gasteiger partial charge in [0.1, 0.15) is 11.4 Å². The molecule has 0 bridgehead atoms. The summed E-state index contributed by atoms with van der Waals surface area (Å²) < 4.78 is 11.0. The van der Waals surface area contributed by atoms with Crippen LogP contribution in [0.4, 0.5) is 11.6 Å². The number of aromatic nitrogens is 4. The lowest BCUT2D eigenvalue weighted by Gasteiger charge is -2.17. The van der Waals surface area contributed by atoms with Crippen LogP contribution < -0.4 is 20.9 Å². The molecule has 4 N–H and O–H groups in total. The molecule has 0 saturated carbocycles. The van der Waals surface area contributed by atoms with Gasteiger partial charge in [-0.2, -0.15) is 4.98 Å². The Labute approximate surface area is 279 Å². The Kier molecular flexibility index (Phi) is 18.4. The quantitative estimate of drug-likeness (QED) is 0.170. The highest BCUT2D eigenvalue weighted by molar-refractivity contribution is 6.40. The van der Waals surface area contributed by atoms with Crippen molar-refractivity contribution in [2.45, 2.75) is 53.6 Å². The smallest absolute Gasteiger partial charge is 0.260 e. The number of aliphatic hydroxyl groups is 2. The van der Waals surface area contributed by atoms with Crippen LogP contribution in [0.15, 0.2) is 47.5 Å². The first-order valence-electron chi connectivity index (χ1n) is 14.7. The molecule has 0 saturated heterocycles. The molecule has 0 fully saturated rings. The van der Waals surface area contributed by atoms with Gasteiger partial charge in [-0.15, -0.1) is 0 Å². The maximum atomic E-state index is 13.9. The number of fused-ring (bicyclic) bond motifs is 1. The fourth-order valence-corrected chi connectivity index (χ4v) is 4.61. The molecule has 0 aliphatic carbocycles. The highest BCUT2D eigenvalue weighted by Gasteiger charge is 2.20. The van der Waals surface area contributed by atoms with Crippen molar-refractivity contribution in [2.24, 2.45) is 0 Å². The number of hydrogen-bond donors (Lipinski definition) is 4. The highest BCUT2D eigenvalue weighted by atomic mass is 35.5. The van der Waals surface area contributed by atoms with Crippen molar-refractivity contribution in [3.63, 3.8) is 0 Å². The Morgan fingerprint density at radius 3 is 2.20 bits per heavy atom. The van der Waals surface area contributed by atoms with Crippen molar-refractivity contribution >= 4 is 51.8 Å². The second-order valence-corrected chi connectivity index (χ2v) is 9.80. The van der Waals surface area contributed by atoms with Crippen molar-refractivity contribution in [3.8, 4) is 16.9 Å². The molecule has 4 aromatic rings. The minimum atomic E-state index is -0.678. The van der Waals surface area contributed by atoms with Gasteiger partial charge in [0.25, 0.3) is 5.56 Å². The van der Waals surface area contributed by atoms with E-state index in [1.807, 2.05) is 27.7 Å². The number of methoxy groups -OCH3 is 2. The summed E-state index contributed by atoms with van der Waals surface area (Å²) in [7, 11) is 4.72. The van der Waals surface area contributed by atoms with E-state index >= 15 is 0 Å². The number of anilines is 2. The van der Waals surface area contributed by atoms with Gasteiger partial charge >= 0.3 is 0 Å². The zero-order valence-electron chi connectivity index (χ0n) is 27.5. The first-order chi connectivity index (χ1) is 22.2. The number of benzene rings is 1. The Balaban J connectivity index is 0.00000140. The van der Waals surface area contributed by atoms with Gasteiger partial charge in [0.05, 0.1) is 53.9 Å². The number of nitrogens with one attached hydrogen (secondary N) is 2. The molecular formula is C32H44Cl2N6O6. The van der Waals surface area contributed by atoms with Crippen LogP contribution in [-0.4, -0.2) is 76.2 Å². The topological polar surface area (TPSA) is 161 Å². The van der Waals surface area contributed by atoms with Crippen molar-refractivity contribution in [1.82, 2.24) is 19.5 Å². The molecule has 14 heteroatoms. The summed E-state index contributed by atoms with van der Waals surface area (Å²) in [6, 6.07) is 7.63. The number of amides is 1. The molecule has 0 aliphatic rings. The Hall–Kier alpha value is -3.81. The number of rotatable bonds is 10. The van der Waals surface area contributed by atoms with Crippen LogP contribution in [0.2, 0.25) is 10.0 Å². The zero-order valence-corrected chi connectivity index (χ0v) is 29.0. The molecule has 1 aromatic carbocycles. The fraction of sp³-hybridized carbons (Fsp3) is 0.406. The van der Waals surface area contributed by atoms with E-state index in [0.717, 1.165) is 0 Å². The summed E-state index contributed by atoms with van der Waals surface area (Å²) in [5.41, 5.74) is 1.71. The first kappa shape index (κ1) is 40.2. The van der Waals surface area contributed by atoms with E-state index in [2.05, 4.69) is 30.3 Å². The maximum absolute atomic E-state index is 13.9. The lowest BCUT2D eigenvalue weighted by molar-refractivity contribution is -0.114. The minimum absolute atomic E-state index is 0.131. The minimum Gasteiger partial charge on any atom is -0.495 e. The molecule has 4 rings (SSSR count). The number of aliphatic hydroxyl groups excluding tert-OH is 2. The van der Waals surface area contributed by atoms with Crippen LogP contribution in [0.3, 0.4) is 0 Å². The largest absolute Gasteiger partial charge is 0.495 e. The Bertz CT molecular complexity index is 1580. The summed E-state index contributed by atoms with van der Waals surface area (Å²) in [5, 5.41) is 25.4. The molecule has 0 atom stereocenters. The zero-order chi connectivity index (χ0) is 34.8. The average molecular weight is 680 g/mol. The van der Waals surface area contributed by atoms with Gasteiger partial charge in [-0.1, -0.05) is 50.9 Å². The number of pyridine rings is 2. The normalized spacial score (nSPS) is 10.1. The van der Waals surface area contributed by atoms with Gasteiger partial charge in [-0.05, 0) is 30.3 Å². The van der Waals surface area contributed by atoms with Crippen LogP contribution in [0.1, 0.15) is 40.3 Å². The number of carbonyl (C=O) groups excluding carboxylic acids is 1. The third-order valence-corrected chi connectivity index (χ3v) is 6.57. The number of hydrogen-bond acceptors (Lipinski definition) is 10. The van der Waals surface area contributed by atoms with Gasteiger partial charge in [0, 0.05) is 56.9 Å². The average Bonchev–Trinajstić information content (AvgIpc) is 3.06. The van der Waals surface area contributed by atoms with Crippen LogP contribution in [0, 0.1) is 0 Å². The van der Waals surface area contributed by atoms with Crippen LogP contribution in [-0.2, 0) is 22.5 Å². The molecule has 12 nitrogen and oxygen atoms in total. The predicted octanol–water partition coefficient (Wildman–Crippen LogP) is 5.45. The van der Waals surface area contributed by atoms with Crippen LogP contribution in [0.5, 0.6) is 5.75 Å². The van der Waals surface area contributed by atoms with E-state index in [1.165, 1.54) is 31.0 Å². The molecule has 1 amide bonds. The van der Waals surface area contributed by atoms with E-state index in [0.29, 0.717) is 40.1 Å². The lowest BCUT2D eigenvalue weighted by atomic mass is 10.0. The molecular weight excluding hydrogens is 635 g/mol. The number of ether oxygens (including phenoxy) is 2. The number of aryl methyl sites for hydroxylation is 2. The third-order valence-electron chi connectivity index (χ3n) is 5.88. The molecule has 0 radical (unpaired) electrons. The number of nitrogens with zero attached hydrogens (tertiary/aromatic N) is 4. The summed E-state index contributed by atoms with van der Waals surface area (Å²) in [6.45, 7) is 8.93. The third kappa shape index (κ3) is 10.9. The predicted molar refractivity (Wildman–Crippen MR) is 185 cm³/mol. The van der Waals surface area contributed by atoms with E-state index in [9.17, 15) is 19.8 Å². The molecule has 0 spiro atoms. The molecule has 46 heavy (non-hydrogen) atoms.